The SMILES string of the molecule is Cc1ccc(C(=O)Cc2ccc3nc(C(=O)C(C)(C)C)cn3c2)cc1. The van der Waals surface area contributed by atoms with Gasteiger partial charge in [-0.05, 0) is 18.6 Å². The monoisotopic (exact) mass is 334 g/mol. The van der Waals surface area contributed by atoms with E-state index < -0.39 is 5.41 Å². The van der Waals surface area contributed by atoms with Crippen LogP contribution in [0, 0.1) is 12.3 Å². The van der Waals surface area contributed by atoms with E-state index in [0.29, 0.717) is 23.3 Å². The minimum absolute atomic E-state index is 0.00785. The molecule has 4 heteroatoms. The van der Waals surface area contributed by atoms with Gasteiger partial charge in [0, 0.05) is 29.8 Å². The van der Waals surface area contributed by atoms with Crippen molar-refractivity contribution in [3.05, 3.63) is 71.2 Å². The van der Waals surface area contributed by atoms with Gasteiger partial charge in [-0.25, -0.2) is 4.98 Å². The van der Waals surface area contributed by atoms with Gasteiger partial charge in [-0.2, -0.15) is 0 Å². The molecule has 2 heterocycles. The number of carbonyl (C=O) groups is 2. The van der Waals surface area contributed by atoms with Gasteiger partial charge in [-0.15, -0.1) is 0 Å². The predicted octanol–water partition coefficient (Wildman–Crippen LogP) is 4.30. The van der Waals surface area contributed by atoms with Crippen molar-refractivity contribution in [1.29, 1.82) is 0 Å². The Kier molecular flexibility index (Phi) is 4.29. The van der Waals surface area contributed by atoms with E-state index in [2.05, 4.69) is 4.98 Å². The number of nitrogens with zero attached hydrogens (tertiary/aromatic N) is 2. The Bertz CT molecular complexity index is 944. The Hall–Kier alpha value is -2.75. The molecule has 0 saturated carbocycles. The Morgan fingerprint density at radius 1 is 1.00 bits per heavy atom. The zero-order chi connectivity index (χ0) is 18.2. The second-order valence-corrected chi connectivity index (χ2v) is 7.47. The van der Waals surface area contributed by atoms with Crippen LogP contribution in [0.15, 0.2) is 48.8 Å². The van der Waals surface area contributed by atoms with Crippen molar-refractivity contribution >= 4 is 17.2 Å². The molecule has 0 aliphatic heterocycles. The Morgan fingerprint density at radius 3 is 2.32 bits per heavy atom. The van der Waals surface area contributed by atoms with Crippen molar-refractivity contribution in [2.45, 2.75) is 34.1 Å². The lowest BCUT2D eigenvalue weighted by Gasteiger charge is -2.13. The number of Topliss-reactive ketones (excluding diaryl/α,β-unsaturated/α-hetero) is 2. The molecule has 0 amide bonds. The summed E-state index contributed by atoms with van der Waals surface area (Å²) in [7, 11) is 0. The smallest absolute Gasteiger partial charge is 0.188 e. The van der Waals surface area contributed by atoms with Crippen LogP contribution in [-0.4, -0.2) is 21.0 Å². The highest BCUT2D eigenvalue weighted by Gasteiger charge is 2.25. The zero-order valence-electron chi connectivity index (χ0n) is 15.0. The number of pyridine rings is 1. The van der Waals surface area contributed by atoms with Crippen LogP contribution >= 0.6 is 0 Å². The van der Waals surface area contributed by atoms with Gasteiger partial charge in [0.25, 0.3) is 0 Å². The molecule has 3 rings (SSSR count). The van der Waals surface area contributed by atoms with E-state index in [1.54, 1.807) is 6.20 Å². The summed E-state index contributed by atoms with van der Waals surface area (Å²) in [6.45, 7) is 7.64. The first-order valence-corrected chi connectivity index (χ1v) is 8.36. The van der Waals surface area contributed by atoms with Gasteiger partial charge in [0.15, 0.2) is 11.6 Å². The van der Waals surface area contributed by atoms with E-state index in [1.165, 1.54) is 0 Å². The summed E-state index contributed by atoms with van der Waals surface area (Å²) < 4.78 is 1.82. The fraction of sp³-hybridized carbons (Fsp3) is 0.286. The largest absolute Gasteiger partial charge is 0.306 e. The number of rotatable bonds is 4. The summed E-state index contributed by atoms with van der Waals surface area (Å²) in [5.74, 6) is 0.0824. The molecular weight excluding hydrogens is 312 g/mol. The molecule has 2 aromatic heterocycles. The first-order valence-electron chi connectivity index (χ1n) is 8.36. The summed E-state index contributed by atoms with van der Waals surface area (Å²) in [4.78, 5) is 29.2. The summed E-state index contributed by atoms with van der Waals surface area (Å²) >= 11 is 0. The lowest BCUT2D eigenvalue weighted by molar-refractivity contribution is 0.0853. The van der Waals surface area contributed by atoms with Gasteiger partial charge < -0.3 is 4.40 Å². The molecule has 0 aliphatic rings. The maximum atomic E-state index is 12.4. The molecule has 0 radical (unpaired) electrons. The molecule has 0 atom stereocenters. The van der Waals surface area contributed by atoms with Gasteiger partial charge >= 0.3 is 0 Å². The van der Waals surface area contributed by atoms with Crippen LogP contribution in [0.5, 0.6) is 0 Å². The van der Waals surface area contributed by atoms with Gasteiger partial charge in [0.1, 0.15) is 11.3 Å². The van der Waals surface area contributed by atoms with Gasteiger partial charge in [-0.3, -0.25) is 9.59 Å². The maximum absolute atomic E-state index is 12.4. The highest BCUT2D eigenvalue weighted by molar-refractivity contribution is 5.99. The van der Waals surface area contributed by atoms with Crippen LogP contribution in [0.4, 0.5) is 0 Å². The van der Waals surface area contributed by atoms with Crippen molar-refractivity contribution in [3.63, 3.8) is 0 Å². The maximum Gasteiger partial charge on any atom is 0.188 e. The molecule has 0 saturated heterocycles. The minimum Gasteiger partial charge on any atom is -0.306 e. The standard InChI is InChI=1S/C21H22N2O2/c1-14-5-8-16(9-6-14)18(24)11-15-7-10-19-22-17(13-23(19)12-15)20(25)21(2,3)4/h5-10,12-13H,11H2,1-4H3. The quantitative estimate of drug-likeness (QED) is 0.669. The number of aryl methyl sites for hydroxylation is 1. The Balaban J connectivity index is 1.85. The fourth-order valence-corrected chi connectivity index (χ4v) is 2.66. The third-order valence-electron chi connectivity index (χ3n) is 4.16. The molecule has 128 valence electrons. The van der Waals surface area contributed by atoms with Crippen LogP contribution in [-0.2, 0) is 6.42 Å². The lowest BCUT2D eigenvalue weighted by atomic mass is 9.89. The number of hydrogen-bond acceptors (Lipinski definition) is 3. The van der Waals surface area contributed by atoms with E-state index in [9.17, 15) is 9.59 Å². The number of hydrogen-bond donors (Lipinski definition) is 0. The van der Waals surface area contributed by atoms with Crippen LogP contribution in [0.25, 0.3) is 5.65 Å². The molecule has 4 nitrogen and oxygen atoms in total. The first kappa shape index (κ1) is 17.1. The first-order chi connectivity index (χ1) is 11.7. The molecule has 0 fully saturated rings. The van der Waals surface area contributed by atoms with E-state index in [-0.39, 0.29) is 11.6 Å². The minimum atomic E-state index is -0.470. The number of fused-ring (bicyclic) bond motifs is 1. The molecule has 25 heavy (non-hydrogen) atoms. The number of aromatic nitrogens is 2. The second kappa shape index (κ2) is 6.28. The number of benzene rings is 1. The van der Waals surface area contributed by atoms with Crippen LogP contribution in [0.2, 0.25) is 0 Å². The molecular formula is C21H22N2O2. The van der Waals surface area contributed by atoms with Gasteiger partial charge in [-0.1, -0.05) is 56.7 Å². The molecule has 0 bridgehead atoms. The zero-order valence-corrected chi connectivity index (χ0v) is 15.0. The Morgan fingerprint density at radius 2 is 1.68 bits per heavy atom. The van der Waals surface area contributed by atoms with E-state index in [4.69, 9.17) is 0 Å². The molecule has 0 N–H and O–H groups in total. The van der Waals surface area contributed by atoms with Crippen molar-refractivity contribution in [1.82, 2.24) is 9.38 Å². The summed E-state index contributed by atoms with van der Waals surface area (Å²) in [5, 5.41) is 0. The van der Waals surface area contributed by atoms with E-state index in [0.717, 1.165) is 11.1 Å². The van der Waals surface area contributed by atoms with Gasteiger partial charge in [0.2, 0.25) is 0 Å². The molecule has 1 aromatic carbocycles. The molecule has 3 aromatic rings. The normalized spacial score (nSPS) is 11.7. The predicted molar refractivity (Wildman–Crippen MR) is 98.2 cm³/mol. The Labute approximate surface area is 147 Å². The molecule has 0 spiro atoms. The van der Waals surface area contributed by atoms with Crippen LogP contribution in [0.1, 0.15) is 52.7 Å². The average Bonchev–Trinajstić information content (AvgIpc) is 2.96. The van der Waals surface area contributed by atoms with E-state index >= 15 is 0 Å². The second-order valence-electron chi connectivity index (χ2n) is 7.47. The molecule has 0 aliphatic carbocycles. The number of carbonyl (C=O) groups excluding carboxylic acids is 2. The highest BCUT2D eigenvalue weighted by Crippen LogP contribution is 2.21. The average molecular weight is 334 g/mol. The summed E-state index contributed by atoms with van der Waals surface area (Å²) in [5.41, 5.74) is 3.42. The fourth-order valence-electron chi connectivity index (χ4n) is 2.66. The van der Waals surface area contributed by atoms with Crippen LogP contribution in [0.3, 0.4) is 0 Å². The van der Waals surface area contributed by atoms with Gasteiger partial charge in [0.05, 0.1) is 0 Å². The highest BCUT2D eigenvalue weighted by atomic mass is 16.1. The number of imidazole rings is 1. The van der Waals surface area contributed by atoms with E-state index in [1.807, 2.05) is 74.7 Å². The third kappa shape index (κ3) is 3.68. The van der Waals surface area contributed by atoms with Crippen molar-refractivity contribution in [2.75, 3.05) is 0 Å². The third-order valence-corrected chi connectivity index (χ3v) is 4.16. The van der Waals surface area contributed by atoms with Crippen molar-refractivity contribution in [2.24, 2.45) is 5.41 Å². The summed E-state index contributed by atoms with van der Waals surface area (Å²) in [6, 6.07) is 11.3. The van der Waals surface area contributed by atoms with Crippen molar-refractivity contribution < 1.29 is 9.59 Å². The lowest BCUT2D eigenvalue weighted by Crippen LogP contribution is -2.20. The van der Waals surface area contributed by atoms with Crippen LogP contribution < -0.4 is 0 Å². The summed E-state index contributed by atoms with van der Waals surface area (Å²) in [6.07, 6.45) is 3.93. The molecule has 0 unspecified atom stereocenters. The topological polar surface area (TPSA) is 51.4 Å². The number of ketones is 2. The van der Waals surface area contributed by atoms with Crippen molar-refractivity contribution in [3.8, 4) is 0 Å².